The second-order valence-corrected chi connectivity index (χ2v) is 1.99. The maximum Gasteiger partial charge on any atom is 0.00124 e. The van der Waals surface area contributed by atoms with Crippen LogP contribution < -0.4 is 5.32 Å². The molecule has 0 aliphatic rings. The largest absolute Gasteiger partial charge is 0.409 e. The van der Waals surface area contributed by atoms with E-state index in [2.05, 4.69) is 18.3 Å². The third kappa shape index (κ3) is 2.56. The molecule has 0 saturated heterocycles. The Balaban J connectivity index is 0.000000810. The third-order valence-electron chi connectivity index (χ3n) is 1.34. The van der Waals surface area contributed by atoms with Crippen LogP contribution >= 0.6 is 0 Å². The SMILES string of the molecule is CNc1cc[c-]cc1C.[Ce]. The van der Waals surface area contributed by atoms with Crippen LogP contribution in [0.4, 0.5) is 5.69 Å². The third-order valence-corrected chi connectivity index (χ3v) is 1.34. The van der Waals surface area contributed by atoms with Crippen molar-refractivity contribution in [2.24, 2.45) is 0 Å². The summed E-state index contributed by atoms with van der Waals surface area (Å²) < 4.78 is 0. The van der Waals surface area contributed by atoms with E-state index in [1.807, 2.05) is 25.2 Å². The van der Waals surface area contributed by atoms with E-state index in [0.29, 0.717) is 0 Å². The average molecular weight is 260 g/mol. The predicted molar refractivity (Wildman–Crippen MR) is 39.6 cm³/mol. The van der Waals surface area contributed by atoms with Crippen LogP contribution in [0.15, 0.2) is 18.2 Å². The van der Waals surface area contributed by atoms with E-state index in [0.717, 1.165) is 0 Å². The van der Waals surface area contributed by atoms with E-state index in [9.17, 15) is 0 Å². The van der Waals surface area contributed by atoms with Gasteiger partial charge in [-0.2, -0.15) is 18.2 Å². The molecule has 52 valence electrons. The first-order valence-electron chi connectivity index (χ1n) is 2.99. The summed E-state index contributed by atoms with van der Waals surface area (Å²) in [6.45, 7) is 2.06. The molecule has 1 aromatic rings. The zero-order valence-corrected chi connectivity index (χ0v) is 9.37. The molecular weight excluding hydrogens is 250 g/mol. The summed E-state index contributed by atoms with van der Waals surface area (Å²) in [5.41, 5.74) is 2.41. The Morgan fingerprint density at radius 3 is 2.60 bits per heavy atom. The summed E-state index contributed by atoms with van der Waals surface area (Å²) in [6, 6.07) is 8.87. The van der Waals surface area contributed by atoms with E-state index in [4.69, 9.17) is 0 Å². The molecule has 0 fully saturated rings. The van der Waals surface area contributed by atoms with Crippen LogP contribution in [-0.2, 0) is 0 Å². The predicted octanol–water partition coefficient (Wildman–Crippen LogP) is 1.84. The molecule has 0 atom stereocenters. The minimum Gasteiger partial charge on any atom is -0.409 e. The fourth-order valence-electron chi connectivity index (χ4n) is 0.794. The van der Waals surface area contributed by atoms with Gasteiger partial charge in [-0.3, -0.25) is 0 Å². The maximum atomic E-state index is 3.08. The monoisotopic (exact) mass is 260 g/mol. The van der Waals surface area contributed by atoms with Crippen LogP contribution in [0.2, 0.25) is 0 Å². The zero-order chi connectivity index (χ0) is 6.69. The number of hydrogen-bond acceptors (Lipinski definition) is 1. The minimum atomic E-state index is 0. The Labute approximate surface area is 95.6 Å². The van der Waals surface area contributed by atoms with Gasteiger partial charge in [0.2, 0.25) is 0 Å². The quantitative estimate of drug-likeness (QED) is 0.760. The van der Waals surface area contributed by atoms with E-state index in [1.165, 1.54) is 11.3 Å². The first kappa shape index (κ1) is 10.4. The van der Waals surface area contributed by atoms with Crippen molar-refractivity contribution < 1.29 is 41.7 Å². The Morgan fingerprint density at radius 2 is 2.20 bits per heavy atom. The molecule has 0 spiro atoms. The van der Waals surface area contributed by atoms with Gasteiger partial charge in [0, 0.05) is 48.8 Å². The number of rotatable bonds is 1. The first-order chi connectivity index (χ1) is 4.34. The summed E-state index contributed by atoms with van der Waals surface area (Å²) in [4.78, 5) is 0. The van der Waals surface area contributed by atoms with Crippen molar-refractivity contribution in [3.8, 4) is 0 Å². The first-order valence-corrected chi connectivity index (χ1v) is 2.99. The molecule has 2 heteroatoms. The molecule has 1 rings (SSSR count). The molecule has 0 heterocycles. The van der Waals surface area contributed by atoms with Crippen molar-refractivity contribution in [3.63, 3.8) is 0 Å². The van der Waals surface area contributed by atoms with Crippen molar-refractivity contribution in [2.45, 2.75) is 6.92 Å². The molecule has 1 nitrogen and oxygen atoms in total. The summed E-state index contributed by atoms with van der Waals surface area (Å²) in [6.07, 6.45) is 0. The summed E-state index contributed by atoms with van der Waals surface area (Å²) in [7, 11) is 1.92. The van der Waals surface area contributed by atoms with Crippen molar-refractivity contribution in [1.29, 1.82) is 0 Å². The molecule has 0 amide bonds. The van der Waals surface area contributed by atoms with Crippen molar-refractivity contribution in [2.75, 3.05) is 12.4 Å². The Morgan fingerprint density at radius 1 is 1.50 bits per heavy atom. The van der Waals surface area contributed by atoms with Crippen molar-refractivity contribution in [3.05, 3.63) is 29.8 Å². The molecule has 0 bridgehead atoms. The van der Waals surface area contributed by atoms with Gasteiger partial charge in [0.25, 0.3) is 0 Å². The Hall–Kier alpha value is 0.397. The average Bonchev–Trinajstić information content (AvgIpc) is 1.89. The zero-order valence-electron chi connectivity index (χ0n) is 6.23. The second-order valence-electron chi connectivity index (χ2n) is 1.99. The van der Waals surface area contributed by atoms with Crippen LogP contribution in [-0.4, -0.2) is 7.05 Å². The van der Waals surface area contributed by atoms with E-state index < -0.39 is 0 Å². The summed E-state index contributed by atoms with van der Waals surface area (Å²) >= 11 is 0. The van der Waals surface area contributed by atoms with Gasteiger partial charge in [-0.1, -0.05) is 12.6 Å². The maximum absolute atomic E-state index is 3.08. The molecule has 0 saturated carbocycles. The van der Waals surface area contributed by atoms with Gasteiger partial charge in [0.1, 0.15) is 0 Å². The van der Waals surface area contributed by atoms with Crippen LogP contribution in [0.1, 0.15) is 5.56 Å². The van der Waals surface area contributed by atoms with Gasteiger partial charge >= 0.3 is 0 Å². The van der Waals surface area contributed by atoms with Gasteiger partial charge in [-0.25, -0.2) is 0 Å². The Bertz CT molecular complexity index is 198. The molecule has 1 N–H and O–H groups in total. The van der Waals surface area contributed by atoms with Crippen LogP contribution in [0.25, 0.3) is 0 Å². The fraction of sp³-hybridized carbons (Fsp3) is 0.250. The normalized spacial score (nSPS) is 8.20. The smallest absolute Gasteiger partial charge is 0.00124 e. The van der Waals surface area contributed by atoms with Gasteiger partial charge in [-0.15, -0.1) is 11.6 Å². The van der Waals surface area contributed by atoms with E-state index in [1.54, 1.807) is 0 Å². The molecule has 0 aliphatic heterocycles. The minimum absolute atomic E-state index is 0. The Kier molecular flexibility index (Phi) is 5.30. The second kappa shape index (κ2) is 5.10. The summed E-state index contributed by atoms with van der Waals surface area (Å²) in [5, 5.41) is 3.08. The molecule has 1 aromatic carbocycles. The van der Waals surface area contributed by atoms with Gasteiger partial charge < -0.3 is 5.32 Å². The van der Waals surface area contributed by atoms with Gasteiger partial charge in [-0.05, 0) is 0 Å². The summed E-state index contributed by atoms with van der Waals surface area (Å²) in [5.74, 6) is 0. The number of aryl methyl sites for hydroxylation is 1. The number of hydrogen-bond donors (Lipinski definition) is 1. The van der Waals surface area contributed by atoms with Gasteiger partial charge in [0.15, 0.2) is 0 Å². The molecule has 10 heavy (non-hydrogen) atoms. The van der Waals surface area contributed by atoms with Crippen LogP contribution in [0.3, 0.4) is 0 Å². The van der Waals surface area contributed by atoms with Crippen LogP contribution in [0, 0.1) is 54.7 Å². The van der Waals surface area contributed by atoms with Crippen molar-refractivity contribution in [1.82, 2.24) is 0 Å². The number of benzene rings is 1. The molecule has 0 radical (unpaired) electrons. The molecule has 0 unspecified atom stereocenters. The number of nitrogens with one attached hydrogen (secondary N) is 1. The number of anilines is 1. The van der Waals surface area contributed by atoms with E-state index in [-0.39, 0.29) is 41.7 Å². The standard InChI is InChI=1S/C8H10N.Ce/c1-7-5-3-4-6-8(7)9-2;/h4-6,9H,1-2H3;/q-1;. The van der Waals surface area contributed by atoms with E-state index >= 15 is 0 Å². The fourth-order valence-corrected chi connectivity index (χ4v) is 0.794. The topological polar surface area (TPSA) is 12.0 Å². The van der Waals surface area contributed by atoms with Crippen molar-refractivity contribution >= 4 is 5.69 Å². The molecule has 0 aliphatic carbocycles. The van der Waals surface area contributed by atoms with Crippen LogP contribution in [0.5, 0.6) is 0 Å². The molecule has 0 aromatic heterocycles. The van der Waals surface area contributed by atoms with Gasteiger partial charge in [0.05, 0.1) is 0 Å². The molecular formula is C8H10CeN-.